The summed E-state index contributed by atoms with van der Waals surface area (Å²) in [5.41, 5.74) is 6.58. The molecule has 0 bridgehead atoms. The number of ether oxygens (including phenoxy) is 1. The summed E-state index contributed by atoms with van der Waals surface area (Å²) in [6, 6.07) is 2.36. The van der Waals surface area contributed by atoms with Crippen LogP contribution in [0.5, 0.6) is 0 Å². The molecule has 3 heterocycles. The molecule has 1 unspecified atom stereocenters. The van der Waals surface area contributed by atoms with E-state index in [-0.39, 0.29) is 0 Å². The van der Waals surface area contributed by atoms with E-state index in [1.165, 1.54) is 26.5 Å². The standard InChI is InChI=1S/C15H22N4O2/c1-21-15(20)12-8-14(17-9-13(12)16)19-7-3-6-18-5-2-4-11(18)10-19/h8-9,11H,2-7,10,16H2,1H3. The van der Waals surface area contributed by atoms with Crippen molar-refractivity contribution >= 4 is 17.5 Å². The average Bonchev–Trinajstić information content (AvgIpc) is 2.84. The predicted molar refractivity (Wildman–Crippen MR) is 81.4 cm³/mol. The number of nitrogens with zero attached hydrogens (tertiary/aromatic N) is 3. The monoisotopic (exact) mass is 290 g/mol. The molecule has 0 radical (unpaired) electrons. The van der Waals surface area contributed by atoms with E-state index in [4.69, 9.17) is 10.5 Å². The highest BCUT2D eigenvalue weighted by Crippen LogP contribution is 2.25. The molecule has 114 valence electrons. The van der Waals surface area contributed by atoms with Gasteiger partial charge in [-0.05, 0) is 31.9 Å². The van der Waals surface area contributed by atoms with Gasteiger partial charge in [0.25, 0.3) is 0 Å². The smallest absolute Gasteiger partial charge is 0.340 e. The van der Waals surface area contributed by atoms with Crippen LogP contribution in [0.3, 0.4) is 0 Å². The second-order valence-corrected chi connectivity index (χ2v) is 5.75. The summed E-state index contributed by atoms with van der Waals surface area (Å²) in [6.07, 6.45) is 5.20. The van der Waals surface area contributed by atoms with Gasteiger partial charge in [-0.1, -0.05) is 0 Å². The van der Waals surface area contributed by atoms with Gasteiger partial charge in [0.1, 0.15) is 5.82 Å². The minimum absolute atomic E-state index is 0.364. The number of nitrogens with two attached hydrogens (primary N) is 1. The Hall–Kier alpha value is -1.82. The summed E-state index contributed by atoms with van der Waals surface area (Å²) in [4.78, 5) is 21.0. The maximum atomic E-state index is 11.8. The Bertz CT molecular complexity index is 534. The number of aromatic nitrogens is 1. The van der Waals surface area contributed by atoms with Gasteiger partial charge in [0.15, 0.2) is 0 Å². The highest BCUT2D eigenvalue weighted by molar-refractivity contribution is 5.95. The molecular weight excluding hydrogens is 268 g/mol. The van der Waals surface area contributed by atoms with Crippen molar-refractivity contribution in [2.75, 3.05) is 43.9 Å². The number of hydrogen-bond donors (Lipinski definition) is 1. The summed E-state index contributed by atoms with van der Waals surface area (Å²) in [5.74, 6) is 0.409. The molecule has 6 heteroatoms. The summed E-state index contributed by atoms with van der Waals surface area (Å²) in [6.45, 7) is 4.29. The van der Waals surface area contributed by atoms with Crippen molar-refractivity contribution in [3.8, 4) is 0 Å². The largest absolute Gasteiger partial charge is 0.465 e. The van der Waals surface area contributed by atoms with Gasteiger partial charge in [0.05, 0.1) is 24.6 Å². The number of carbonyl (C=O) groups is 1. The van der Waals surface area contributed by atoms with E-state index in [0.717, 1.165) is 31.9 Å². The van der Waals surface area contributed by atoms with Gasteiger partial charge in [-0.2, -0.15) is 0 Å². The maximum Gasteiger partial charge on any atom is 0.340 e. The van der Waals surface area contributed by atoms with Crippen LogP contribution in [0.15, 0.2) is 12.3 Å². The van der Waals surface area contributed by atoms with Crippen LogP contribution in [0.1, 0.15) is 29.6 Å². The van der Waals surface area contributed by atoms with Crippen molar-refractivity contribution in [1.29, 1.82) is 0 Å². The molecule has 2 N–H and O–H groups in total. The van der Waals surface area contributed by atoms with E-state index in [0.29, 0.717) is 17.3 Å². The summed E-state index contributed by atoms with van der Waals surface area (Å²) >= 11 is 0. The summed E-state index contributed by atoms with van der Waals surface area (Å²) < 4.78 is 4.78. The van der Waals surface area contributed by atoms with Gasteiger partial charge in [0, 0.05) is 25.7 Å². The van der Waals surface area contributed by atoms with Gasteiger partial charge in [-0.3, -0.25) is 4.90 Å². The fraction of sp³-hybridized carbons (Fsp3) is 0.600. The molecule has 6 nitrogen and oxygen atoms in total. The third-order valence-corrected chi connectivity index (χ3v) is 4.45. The lowest BCUT2D eigenvalue weighted by molar-refractivity contribution is 0.0602. The van der Waals surface area contributed by atoms with Crippen LogP contribution < -0.4 is 10.6 Å². The number of pyridine rings is 1. The van der Waals surface area contributed by atoms with Gasteiger partial charge in [0.2, 0.25) is 0 Å². The maximum absolute atomic E-state index is 11.8. The Morgan fingerprint density at radius 3 is 3.00 bits per heavy atom. The Labute approximate surface area is 124 Å². The number of anilines is 2. The number of fused-ring (bicyclic) bond motifs is 1. The van der Waals surface area contributed by atoms with Gasteiger partial charge < -0.3 is 15.4 Å². The third-order valence-electron chi connectivity index (χ3n) is 4.45. The zero-order valence-corrected chi connectivity index (χ0v) is 12.4. The number of carbonyl (C=O) groups excluding carboxylic acids is 1. The minimum Gasteiger partial charge on any atom is -0.465 e. The molecule has 2 saturated heterocycles. The fourth-order valence-electron chi connectivity index (χ4n) is 3.33. The van der Waals surface area contributed by atoms with Crippen molar-refractivity contribution in [2.24, 2.45) is 0 Å². The van der Waals surface area contributed by atoms with Crippen LogP contribution in [0.25, 0.3) is 0 Å². The number of nitrogen functional groups attached to an aromatic ring is 1. The molecule has 0 amide bonds. The second kappa shape index (κ2) is 5.89. The topological polar surface area (TPSA) is 71.7 Å². The van der Waals surface area contributed by atoms with Crippen molar-refractivity contribution in [2.45, 2.75) is 25.3 Å². The number of methoxy groups -OCH3 is 1. The minimum atomic E-state index is -0.409. The van der Waals surface area contributed by atoms with Crippen molar-refractivity contribution < 1.29 is 9.53 Å². The van der Waals surface area contributed by atoms with E-state index in [1.54, 1.807) is 12.3 Å². The average molecular weight is 290 g/mol. The van der Waals surface area contributed by atoms with Crippen molar-refractivity contribution in [3.05, 3.63) is 17.8 Å². The lowest BCUT2D eigenvalue weighted by Crippen LogP contribution is -2.37. The van der Waals surface area contributed by atoms with Crippen LogP contribution in [-0.4, -0.2) is 55.2 Å². The quantitative estimate of drug-likeness (QED) is 0.823. The SMILES string of the molecule is COC(=O)c1cc(N2CCCN3CCCC3C2)ncc1N. The highest BCUT2D eigenvalue weighted by Gasteiger charge is 2.29. The molecule has 1 aromatic heterocycles. The highest BCUT2D eigenvalue weighted by atomic mass is 16.5. The van der Waals surface area contributed by atoms with Crippen LogP contribution in [0, 0.1) is 0 Å². The van der Waals surface area contributed by atoms with Gasteiger partial charge in [-0.25, -0.2) is 9.78 Å². The number of esters is 1. The second-order valence-electron chi connectivity index (χ2n) is 5.75. The molecule has 0 aliphatic carbocycles. The first-order chi connectivity index (χ1) is 10.2. The Kier molecular flexibility index (Phi) is 3.96. The van der Waals surface area contributed by atoms with Crippen LogP contribution in [0.2, 0.25) is 0 Å². The zero-order chi connectivity index (χ0) is 14.8. The molecule has 0 spiro atoms. The van der Waals surface area contributed by atoms with Gasteiger partial charge >= 0.3 is 5.97 Å². The molecular formula is C15H22N4O2. The molecule has 2 fully saturated rings. The molecule has 0 saturated carbocycles. The number of rotatable bonds is 2. The van der Waals surface area contributed by atoms with Crippen LogP contribution in [-0.2, 0) is 4.74 Å². The van der Waals surface area contributed by atoms with E-state index in [1.807, 2.05) is 0 Å². The Morgan fingerprint density at radius 2 is 2.19 bits per heavy atom. The molecule has 21 heavy (non-hydrogen) atoms. The molecule has 1 atom stereocenters. The molecule has 3 rings (SSSR count). The first kappa shape index (κ1) is 14.1. The molecule has 0 aromatic carbocycles. The fourth-order valence-corrected chi connectivity index (χ4v) is 3.33. The van der Waals surface area contributed by atoms with Gasteiger partial charge in [-0.15, -0.1) is 0 Å². The summed E-state index contributed by atoms with van der Waals surface area (Å²) in [5, 5.41) is 0. The van der Waals surface area contributed by atoms with E-state index >= 15 is 0 Å². The van der Waals surface area contributed by atoms with Crippen LogP contribution in [0.4, 0.5) is 11.5 Å². The first-order valence-corrected chi connectivity index (χ1v) is 7.52. The molecule has 2 aliphatic heterocycles. The molecule has 1 aromatic rings. The molecule has 2 aliphatic rings. The normalized spacial score (nSPS) is 22.7. The zero-order valence-electron chi connectivity index (χ0n) is 12.4. The Morgan fingerprint density at radius 1 is 1.38 bits per heavy atom. The van der Waals surface area contributed by atoms with Crippen molar-refractivity contribution in [1.82, 2.24) is 9.88 Å². The Balaban J connectivity index is 1.84. The van der Waals surface area contributed by atoms with Crippen molar-refractivity contribution in [3.63, 3.8) is 0 Å². The third kappa shape index (κ3) is 2.81. The first-order valence-electron chi connectivity index (χ1n) is 7.52. The predicted octanol–water partition coefficient (Wildman–Crippen LogP) is 1.12. The summed E-state index contributed by atoms with van der Waals surface area (Å²) in [7, 11) is 1.37. The van der Waals surface area contributed by atoms with E-state index in [2.05, 4.69) is 14.8 Å². The lowest BCUT2D eigenvalue weighted by Gasteiger charge is -2.26. The lowest BCUT2D eigenvalue weighted by atomic mass is 10.2. The van der Waals surface area contributed by atoms with Crippen LogP contribution >= 0.6 is 0 Å². The number of hydrogen-bond acceptors (Lipinski definition) is 6. The van der Waals surface area contributed by atoms with E-state index in [9.17, 15) is 4.79 Å². The van der Waals surface area contributed by atoms with E-state index < -0.39 is 5.97 Å².